The first-order valence-electron chi connectivity index (χ1n) is 8.93. The van der Waals surface area contributed by atoms with Gasteiger partial charge in [-0.3, -0.25) is 9.69 Å². The lowest BCUT2D eigenvalue weighted by Crippen LogP contribution is -2.48. The van der Waals surface area contributed by atoms with E-state index in [1.54, 1.807) is 7.11 Å². The number of nitrogens with one attached hydrogen (secondary N) is 1. The molecule has 0 unspecified atom stereocenters. The van der Waals surface area contributed by atoms with Gasteiger partial charge in [-0.2, -0.15) is 5.26 Å². The van der Waals surface area contributed by atoms with Crippen LogP contribution in [0.2, 0.25) is 0 Å². The summed E-state index contributed by atoms with van der Waals surface area (Å²) in [5.41, 5.74) is 2.61. The minimum absolute atomic E-state index is 0.0708. The van der Waals surface area contributed by atoms with Gasteiger partial charge in [0.15, 0.2) is 0 Å². The monoisotopic (exact) mass is 384 g/mol. The summed E-state index contributed by atoms with van der Waals surface area (Å²) in [6, 6.07) is 10.2. The second kappa shape index (κ2) is 8.42. The van der Waals surface area contributed by atoms with Crippen molar-refractivity contribution in [1.82, 2.24) is 4.90 Å². The van der Waals surface area contributed by atoms with Crippen molar-refractivity contribution in [1.29, 1.82) is 5.26 Å². The molecule has 3 rings (SSSR count). The molecule has 1 N–H and O–H groups in total. The van der Waals surface area contributed by atoms with Crippen LogP contribution in [0.5, 0.6) is 5.75 Å². The van der Waals surface area contributed by atoms with Gasteiger partial charge in [0.25, 0.3) is 0 Å². The first-order valence-corrected chi connectivity index (χ1v) is 9.75. The van der Waals surface area contributed by atoms with E-state index in [1.807, 2.05) is 32.0 Å². The molecule has 1 aliphatic rings. The number of rotatable bonds is 5. The van der Waals surface area contributed by atoms with Crippen molar-refractivity contribution in [2.75, 3.05) is 50.1 Å². The summed E-state index contributed by atoms with van der Waals surface area (Å²) in [7, 11) is 1.68. The standard InChI is InChI=1S/C20H24N4O2S/c1-14-15(2)27-20(16(14)12-21)22-19(25)13-23-8-10-24(11-9-23)17-6-4-5-7-18(17)26-3/h4-7H,8-11,13H2,1-3H3,(H,22,25). The molecule has 0 spiro atoms. The van der Waals surface area contributed by atoms with Crippen LogP contribution in [0.15, 0.2) is 24.3 Å². The van der Waals surface area contributed by atoms with Gasteiger partial charge in [0.1, 0.15) is 16.8 Å². The van der Waals surface area contributed by atoms with Crippen molar-refractivity contribution in [2.45, 2.75) is 13.8 Å². The topological polar surface area (TPSA) is 68.6 Å². The van der Waals surface area contributed by atoms with E-state index in [0.717, 1.165) is 48.1 Å². The van der Waals surface area contributed by atoms with Crippen molar-refractivity contribution in [3.05, 3.63) is 40.3 Å². The Labute approximate surface area is 164 Å². The summed E-state index contributed by atoms with van der Waals surface area (Å²) in [6.45, 7) is 7.51. The van der Waals surface area contributed by atoms with Crippen LogP contribution in [0.3, 0.4) is 0 Å². The molecular weight excluding hydrogens is 360 g/mol. The van der Waals surface area contributed by atoms with Crippen LogP contribution in [0.4, 0.5) is 10.7 Å². The molecule has 0 bridgehead atoms. The molecule has 0 aliphatic carbocycles. The molecule has 27 heavy (non-hydrogen) atoms. The lowest BCUT2D eigenvalue weighted by molar-refractivity contribution is -0.117. The molecule has 0 atom stereocenters. The van der Waals surface area contributed by atoms with Gasteiger partial charge in [0.05, 0.1) is 24.9 Å². The van der Waals surface area contributed by atoms with Gasteiger partial charge in [-0.1, -0.05) is 12.1 Å². The summed E-state index contributed by atoms with van der Waals surface area (Å²) in [4.78, 5) is 17.9. The molecule has 1 amide bonds. The number of amides is 1. The minimum Gasteiger partial charge on any atom is -0.495 e. The molecule has 2 heterocycles. The number of aryl methyl sites for hydroxylation is 1. The van der Waals surface area contributed by atoms with Crippen LogP contribution < -0.4 is 15.0 Å². The fraction of sp³-hybridized carbons (Fsp3) is 0.400. The molecule has 1 aromatic carbocycles. The second-order valence-electron chi connectivity index (χ2n) is 6.58. The maximum Gasteiger partial charge on any atom is 0.239 e. The van der Waals surface area contributed by atoms with Gasteiger partial charge < -0.3 is 15.0 Å². The average molecular weight is 385 g/mol. The van der Waals surface area contributed by atoms with Crippen molar-refractivity contribution in [3.63, 3.8) is 0 Å². The van der Waals surface area contributed by atoms with Crippen LogP contribution in [-0.2, 0) is 4.79 Å². The molecule has 1 fully saturated rings. The Morgan fingerprint density at radius 2 is 1.96 bits per heavy atom. The highest BCUT2D eigenvalue weighted by atomic mass is 32.1. The van der Waals surface area contributed by atoms with E-state index < -0.39 is 0 Å². The van der Waals surface area contributed by atoms with E-state index in [9.17, 15) is 10.1 Å². The number of ether oxygens (including phenoxy) is 1. The molecule has 1 aromatic heterocycles. The number of para-hydroxylation sites is 2. The molecule has 142 valence electrons. The van der Waals surface area contributed by atoms with Gasteiger partial charge in [-0.15, -0.1) is 11.3 Å². The van der Waals surface area contributed by atoms with Gasteiger partial charge in [-0.25, -0.2) is 0 Å². The van der Waals surface area contributed by atoms with E-state index in [0.29, 0.717) is 17.1 Å². The summed E-state index contributed by atoms with van der Waals surface area (Å²) in [5.74, 6) is 0.801. The van der Waals surface area contributed by atoms with Gasteiger partial charge in [0, 0.05) is 31.1 Å². The third kappa shape index (κ3) is 4.24. The van der Waals surface area contributed by atoms with Gasteiger partial charge in [0.2, 0.25) is 5.91 Å². The lowest BCUT2D eigenvalue weighted by atomic mass is 10.2. The number of anilines is 2. The maximum absolute atomic E-state index is 12.4. The molecule has 0 radical (unpaired) electrons. The van der Waals surface area contributed by atoms with Crippen molar-refractivity contribution >= 4 is 27.9 Å². The van der Waals surface area contributed by atoms with Crippen molar-refractivity contribution in [2.24, 2.45) is 0 Å². The fourth-order valence-electron chi connectivity index (χ4n) is 3.26. The number of methoxy groups -OCH3 is 1. The average Bonchev–Trinajstić information content (AvgIpc) is 2.95. The highest BCUT2D eigenvalue weighted by molar-refractivity contribution is 7.16. The molecule has 2 aromatic rings. The number of carbonyl (C=O) groups is 1. The van der Waals surface area contributed by atoms with Crippen molar-refractivity contribution in [3.8, 4) is 11.8 Å². The summed E-state index contributed by atoms with van der Waals surface area (Å²) in [6.07, 6.45) is 0. The predicted octanol–water partition coefficient (Wildman–Crippen LogP) is 3.01. The Morgan fingerprint density at radius 3 is 2.63 bits per heavy atom. The number of hydrogen-bond acceptors (Lipinski definition) is 6. The number of nitriles is 1. The van der Waals surface area contributed by atoms with E-state index in [4.69, 9.17) is 4.74 Å². The predicted molar refractivity (Wildman–Crippen MR) is 109 cm³/mol. The molecule has 7 heteroatoms. The van der Waals surface area contributed by atoms with E-state index in [1.165, 1.54) is 11.3 Å². The molecule has 6 nitrogen and oxygen atoms in total. The van der Waals surface area contributed by atoms with Crippen LogP contribution in [0.25, 0.3) is 0 Å². The fourth-order valence-corrected chi connectivity index (χ4v) is 4.28. The maximum atomic E-state index is 12.4. The zero-order valence-corrected chi connectivity index (χ0v) is 16.7. The molecule has 1 saturated heterocycles. The third-order valence-corrected chi connectivity index (χ3v) is 6.04. The second-order valence-corrected chi connectivity index (χ2v) is 7.81. The summed E-state index contributed by atoms with van der Waals surface area (Å²) in [5, 5.41) is 12.9. The summed E-state index contributed by atoms with van der Waals surface area (Å²) >= 11 is 1.46. The lowest BCUT2D eigenvalue weighted by Gasteiger charge is -2.36. The van der Waals surface area contributed by atoms with Gasteiger partial charge >= 0.3 is 0 Å². The molecular formula is C20H24N4O2S. The first kappa shape index (κ1) is 19.2. The number of piperazine rings is 1. The van der Waals surface area contributed by atoms with Gasteiger partial charge in [-0.05, 0) is 31.5 Å². The Balaban J connectivity index is 1.56. The van der Waals surface area contributed by atoms with Crippen LogP contribution in [-0.4, -0.2) is 50.6 Å². The number of hydrogen-bond donors (Lipinski definition) is 1. The number of benzene rings is 1. The van der Waals surface area contributed by atoms with E-state index in [2.05, 4.69) is 27.3 Å². The third-order valence-electron chi connectivity index (χ3n) is 4.92. The highest BCUT2D eigenvalue weighted by Gasteiger charge is 2.22. The van der Waals surface area contributed by atoms with E-state index >= 15 is 0 Å². The van der Waals surface area contributed by atoms with Crippen LogP contribution >= 0.6 is 11.3 Å². The largest absolute Gasteiger partial charge is 0.495 e. The van der Waals surface area contributed by atoms with E-state index in [-0.39, 0.29) is 5.91 Å². The Hall–Kier alpha value is -2.56. The SMILES string of the molecule is COc1ccccc1N1CCN(CC(=O)Nc2sc(C)c(C)c2C#N)CC1. The number of carbonyl (C=O) groups excluding carboxylic acids is 1. The highest BCUT2D eigenvalue weighted by Crippen LogP contribution is 2.32. The van der Waals surface area contributed by atoms with Crippen LogP contribution in [0.1, 0.15) is 16.0 Å². The molecule has 0 saturated carbocycles. The Morgan fingerprint density at radius 1 is 1.26 bits per heavy atom. The zero-order chi connectivity index (χ0) is 19.4. The minimum atomic E-state index is -0.0708. The number of thiophene rings is 1. The zero-order valence-electron chi connectivity index (χ0n) is 15.9. The molecule has 1 aliphatic heterocycles. The summed E-state index contributed by atoms with van der Waals surface area (Å²) < 4.78 is 5.45. The Bertz CT molecular complexity index is 863. The van der Waals surface area contributed by atoms with Crippen molar-refractivity contribution < 1.29 is 9.53 Å². The van der Waals surface area contributed by atoms with Crippen LogP contribution in [0, 0.1) is 25.2 Å². The smallest absolute Gasteiger partial charge is 0.239 e. The number of nitrogens with zero attached hydrogens (tertiary/aromatic N) is 3. The quantitative estimate of drug-likeness (QED) is 0.858. The Kier molecular flexibility index (Phi) is 5.99. The first-order chi connectivity index (χ1) is 13.0. The normalized spacial score (nSPS) is 14.7.